The van der Waals surface area contributed by atoms with Gasteiger partial charge in [-0.3, -0.25) is 4.79 Å². The van der Waals surface area contributed by atoms with Crippen molar-refractivity contribution in [2.45, 2.75) is 82.1 Å². The lowest BCUT2D eigenvalue weighted by Gasteiger charge is -2.13. The molecular formula is C43H48N4O+2. The summed E-state index contributed by atoms with van der Waals surface area (Å²) < 4.78 is 8.73. The largest absolute Gasteiger partial charge is 0.299 e. The molecule has 6 rings (SSSR count). The van der Waals surface area contributed by atoms with Crippen LogP contribution >= 0.6 is 0 Å². The molecule has 0 saturated heterocycles. The highest BCUT2D eigenvalue weighted by Crippen LogP contribution is 2.27. The van der Waals surface area contributed by atoms with Gasteiger partial charge in [0, 0.05) is 24.0 Å². The summed E-state index contributed by atoms with van der Waals surface area (Å²) in [7, 11) is 0. The summed E-state index contributed by atoms with van der Waals surface area (Å²) in [5.74, 6) is 0.197. The van der Waals surface area contributed by atoms with E-state index in [0.717, 1.165) is 44.8 Å². The Morgan fingerprint density at radius 3 is 1.15 bits per heavy atom. The predicted octanol–water partition coefficient (Wildman–Crippen LogP) is 8.26. The molecule has 0 fully saturated rings. The molecule has 0 N–H and O–H groups in total. The average Bonchev–Trinajstić information content (AvgIpc) is 3.62. The number of ketones is 1. The third kappa shape index (κ3) is 6.42. The van der Waals surface area contributed by atoms with Crippen LogP contribution in [-0.2, 0) is 17.6 Å². The maximum Gasteiger partial charge on any atom is 0.254 e. The lowest BCUT2D eigenvalue weighted by molar-refractivity contribution is -0.595. The molecule has 6 aromatic rings. The molecule has 0 spiro atoms. The monoisotopic (exact) mass is 636 g/mol. The number of nitrogens with zero attached hydrogens (tertiary/aromatic N) is 4. The molecule has 2 aromatic heterocycles. The van der Waals surface area contributed by atoms with Crippen molar-refractivity contribution in [3.8, 4) is 22.7 Å². The number of aryl methyl sites for hydroxylation is 10. The molecule has 48 heavy (non-hydrogen) atoms. The van der Waals surface area contributed by atoms with Gasteiger partial charge >= 0.3 is 0 Å². The van der Waals surface area contributed by atoms with Crippen molar-refractivity contribution in [1.82, 2.24) is 9.13 Å². The van der Waals surface area contributed by atoms with Gasteiger partial charge in [0.15, 0.2) is 0 Å². The molecule has 0 aliphatic heterocycles. The zero-order valence-corrected chi connectivity index (χ0v) is 30.2. The van der Waals surface area contributed by atoms with Crippen LogP contribution in [-0.4, -0.2) is 14.9 Å². The molecule has 2 heterocycles. The van der Waals surface area contributed by atoms with Crippen molar-refractivity contribution in [1.29, 1.82) is 0 Å². The molecule has 0 bridgehead atoms. The van der Waals surface area contributed by atoms with Crippen LogP contribution < -0.4 is 9.13 Å². The van der Waals surface area contributed by atoms with E-state index >= 15 is 0 Å². The Balaban J connectivity index is 1.33. The molecule has 0 radical (unpaired) electrons. The highest BCUT2D eigenvalue weighted by Gasteiger charge is 2.23. The summed E-state index contributed by atoms with van der Waals surface area (Å²) >= 11 is 0. The zero-order chi connectivity index (χ0) is 34.4. The lowest BCUT2D eigenvalue weighted by Crippen LogP contribution is -2.30. The number of aromatic nitrogens is 4. The van der Waals surface area contributed by atoms with E-state index in [0.29, 0.717) is 12.8 Å². The maximum atomic E-state index is 14.1. The van der Waals surface area contributed by atoms with E-state index in [9.17, 15) is 4.79 Å². The van der Waals surface area contributed by atoms with Gasteiger partial charge in [-0.2, -0.15) is 0 Å². The fourth-order valence-electron chi connectivity index (χ4n) is 7.99. The van der Waals surface area contributed by atoms with Gasteiger partial charge < -0.3 is 0 Å². The van der Waals surface area contributed by atoms with E-state index in [1.807, 2.05) is 0 Å². The quantitative estimate of drug-likeness (QED) is 0.155. The van der Waals surface area contributed by atoms with Gasteiger partial charge in [0.05, 0.1) is 0 Å². The summed E-state index contributed by atoms with van der Waals surface area (Å²) in [5.41, 5.74) is 18.8. The Labute approximate surface area is 285 Å². The minimum Gasteiger partial charge on any atom is -0.299 e. The van der Waals surface area contributed by atoms with Gasteiger partial charge in [-0.1, -0.05) is 70.8 Å². The predicted molar refractivity (Wildman–Crippen MR) is 194 cm³/mol. The first kappa shape index (κ1) is 32.9. The Kier molecular flexibility index (Phi) is 8.82. The number of hydrogen-bond acceptors (Lipinski definition) is 1. The molecule has 5 heteroatoms. The van der Waals surface area contributed by atoms with E-state index < -0.39 is 0 Å². The number of imidazole rings is 2. The summed E-state index contributed by atoms with van der Waals surface area (Å²) in [6, 6.07) is 17.7. The summed E-state index contributed by atoms with van der Waals surface area (Å²) in [5, 5.41) is 0. The van der Waals surface area contributed by atoms with Crippen LogP contribution in [0.5, 0.6) is 0 Å². The summed E-state index contributed by atoms with van der Waals surface area (Å²) in [6.07, 6.45) is 13.4. The van der Waals surface area contributed by atoms with Crippen LogP contribution in [0.25, 0.3) is 22.7 Å². The van der Waals surface area contributed by atoms with Crippen LogP contribution in [0.15, 0.2) is 86.0 Å². The zero-order valence-electron chi connectivity index (χ0n) is 30.2. The third-order valence-corrected chi connectivity index (χ3v) is 9.40. The first-order valence-electron chi connectivity index (χ1n) is 16.9. The minimum absolute atomic E-state index is 0.197. The van der Waals surface area contributed by atoms with Crippen LogP contribution in [0.1, 0.15) is 66.8 Å². The molecule has 244 valence electrons. The minimum atomic E-state index is 0.197. The van der Waals surface area contributed by atoms with Crippen LogP contribution in [0.2, 0.25) is 0 Å². The van der Waals surface area contributed by atoms with Crippen molar-refractivity contribution in [2.24, 2.45) is 0 Å². The fraction of sp³-hybridized carbons (Fsp3) is 0.279. The molecule has 0 aliphatic rings. The van der Waals surface area contributed by atoms with Gasteiger partial charge in [-0.15, -0.1) is 0 Å². The van der Waals surface area contributed by atoms with Gasteiger partial charge in [0.2, 0.25) is 0 Å². The normalized spacial score (nSPS) is 11.4. The van der Waals surface area contributed by atoms with Crippen molar-refractivity contribution < 1.29 is 13.9 Å². The number of rotatable bonds is 8. The van der Waals surface area contributed by atoms with Gasteiger partial charge in [-0.05, 0) is 103 Å². The number of carbonyl (C=O) groups is 1. The van der Waals surface area contributed by atoms with E-state index in [4.69, 9.17) is 0 Å². The number of Topliss-reactive ketones (excluding diaryl/α,β-unsaturated/α-hetero) is 1. The van der Waals surface area contributed by atoms with Crippen molar-refractivity contribution in [3.63, 3.8) is 0 Å². The Bertz CT molecular complexity index is 2010. The second kappa shape index (κ2) is 12.9. The van der Waals surface area contributed by atoms with Gasteiger partial charge in [0.1, 0.15) is 53.3 Å². The van der Waals surface area contributed by atoms with E-state index in [-0.39, 0.29) is 5.78 Å². The van der Waals surface area contributed by atoms with Crippen molar-refractivity contribution in [2.75, 3.05) is 0 Å². The second-order valence-electron chi connectivity index (χ2n) is 14.0. The average molecular weight is 637 g/mol. The molecule has 0 aliphatic carbocycles. The highest BCUT2D eigenvalue weighted by molar-refractivity contribution is 5.85. The van der Waals surface area contributed by atoms with E-state index in [1.54, 1.807) is 0 Å². The Hall–Kier alpha value is -5.03. The third-order valence-electron chi connectivity index (χ3n) is 9.40. The fourth-order valence-corrected chi connectivity index (χ4v) is 7.99. The van der Waals surface area contributed by atoms with Crippen molar-refractivity contribution >= 4 is 5.78 Å². The summed E-state index contributed by atoms with van der Waals surface area (Å²) in [4.78, 5) is 14.1. The van der Waals surface area contributed by atoms with Crippen LogP contribution in [0.4, 0.5) is 0 Å². The second-order valence-corrected chi connectivity index (χ2v) is 14.0. The van der Waals surface area contributed by atoms with Gasteiger partial charge in [-0.25, -0.2) is 18.3 Å². The van der Waals surface area contributed by atoms with E-state index in [1.165, 1.54) is 44.8 Å². The highest BCUT2D eigenvalue weighted by atomic mass is 16.1. The Morgan fingerprint density at radius 2 is 0.792 bits per heavy atom. The number of carbonyl (C=O) groups excluding carboxylic acids is 1. The summed E-state index contributed by atoms with van der Waals surface area (Å²) in [6.45, 7) is 21.5. The van der Waals surface area contributed by atoms with Crippen LogP contribution in [0, 0.1) is 69.2 Å². The topological polar surface area (TPSA) is 34.7 Å². The van der Waals surface area contributed by atoms with Crippen LogP contribution in [0.3, 0.4) is 0 Å². The number of hydrogen-bond donors (Lipinski definition) is 0. The van der Waals surface area contributed by atoms with Gasteiger partial charge in [0.25, 0.3) is 12.7 Å². The SMILES string of the molecule is Cc1cc(C)c(-[n+]2ccn(-c3c(C)cc(C)cc3CC(=O)Cc3cc(C)cc(C)c3-n3cc[n+](-c4c(C)cc(C)cc4C)c3)c2)c(C)c1. The first-order valence-corrected chi connectivity index (χ1v) is 16.9. The molecule has 0 unspecified atom stereocenters. The maximum absolute atomic E-state index is 14.1. The number of benzene rings is 4. The molecular weight excluding hydrogens is 589 g/mol. The van der Waals surface area contributed by atoms with Crippen molar-refractivity contribution in [3.05, 3.63) is 153 Å². The first-order chi connectivity index (χ1) is 22.8. The molecule has 0 saturated carbocycles. The standard InChI is InChI=1S/C43H48N4O/c1-27-15-31(5)40(32(6)16-27)44-11-13-46(25-44)42-35(9)19-29(3)21-37(42)23-39(48)24-38-22-30(4)20-36(10)43(38)47-14-12-45(26-47)41-33(7)17-28(2)18-34(41)8/h11-22,25-26H,23-24H2,1-10H3/q+2. The molecule has 4 aromatic carbocycles. The molecule has 0 atom stereocenters. The molecule has 0 amide bonds. The molecule has 5 nitrogen and oxygen atoms in total. The Morgan fingerprint density at radius 1 is 0.479 bits per heavy atom. The lowest BCUT2D eigenvalue weighted by atomic mass is 9.95. The van der Waals surface area contributed by atoms with E-state index in [2.05, 4.69) is 173 Å². The smallest absolute Gasteiger partial charge is 0.254 e.